The van der Waals surface area contributed by atoms with Crippen LogP contribution in [0.4, 0.5) is 0 Å². The van der Waals surface area contributed by atoms with Gasteiger partial charge in [0.05, 0.1) is 0 Å². The van der Waals surface area contributed by atoms with E-state index in [1.54, 1.807) is 0 Å². The molecule has 2 aromatic rings. The fraction of sp³-hybridized carbons (Fsp3) is 0.273. The Kier molecular flexibility index (Phi) is 4.15. The minimum Gasteiger partial charge on any atom is -0.350 e. The van der Waals surface area contributed by atoms with E-state index in [2.05, 4.69) is 47.5 Å². The van der Waals surface area contributed by atoms with Gasteiger partial charge in [-0.25, -0.2) is 0 Å². The largest absolute Gasteiger partial charge is 0.350 e. The molecule has 0 amide bonds. The summed E-state index contributed by atoms with van der Waals surface area (Å²) in [4.78, 5) is 0. The molecule has 3 N–H and O–H groups in total. The highest BCUT2D eigenvalue weighted by atomic mass is 35.5. The third kappa shape index (κ3) is 2.31. The molecule has 0 aliphatic rings. The number of aryl methyl sites for hydroxylation is 1. The maximum atomic E-state index is 5.27. The molecule has 4 heteroatoms. The first kappa shape index (κ1) is 12.0. The number of nitrogens with one attached hydrogen (secondary N) is 1. The van der Waals surface area contributed by atoms with Crippen LogP contribution in [0.15, 0.2) is 30.5 Å². The predicted molar refractivity (Wildman–Crippen MR) is 66.1 cm³/mol. The number of fused-ring (bicyclic) bond motifs is 1. The minimum absolute atomic E-state index is 0. The van der Waals surface area contributed by atoms with Gasteiger partial charge in [-0.3, -0.25) is 11.3 Å². The van der Waals surface area contributed by atoms with Crippen molar-refractivity contribution < 1.29 is 0 Å². The molecule has 0 bridgehead atoms. The van der Waals surface area contributed by atoms with E-state index in [1.165, 1.54) is 16.5 Å². The summed E-state index contributed by atoms with van der Waals surface area (Å²) in [7, 11) is 2.07. The molecule has 1 aromatic carbocycles. The van der Waals surface area contributed by atoms with Crippen LogP contribution in [0.25, 0.3) is 10.9 Å². The van der Waals surface area contributed by atoms with Crippen LogP contribution in [0.5, 0.6) is 0 Å². The molecule has 0 aliphatic heterocycles. The predicted octanol–water partition coefficient (Wildman–Crippen LogP) is 1.61. The Morgan fingerprint density at radius 3 is 2.80 bits per heavy atom. The molecule has 0 aliphatic carbocycles. The van der Waals surface area contributed by atoms with Gasteiger partial charge in [-0.2, -0.15) is 0 Å². The number of hydrogen-bond acceptors (Lipinski definition) is 2. The Labute approximate surface area is 95.6 Å². The summed E-state index contributed by atoms with van der Waals surface area (Å²) in [6.45, 7) is 0.813. The molecular weight excluding hydrogens is 210 g/mol. The van der Waals surface area contributed by atoms with Crippen molar-refractivity contribution in [3.8, 4) is 0 Å². The molecule has 15 heavy (non-hydrogen) atoms. The zero-order valence-corrected chi connectivity index (χ0v) is 9.55. The first-order valence-electron chi connectivity index (χ1n) is 4.79. The fourth-order valence-corrected chi connectivity index (χ4v) is 1.83. The number of para-hydroxylation sites is 1. The summed E-state index contributed by atoms with van der Waals surface area (Å²) in [5.74, 6) is 5.27. The van der Waals surface area contributed by atoms with Crippen molar-refractivity contribution in [2.45, 2.75) is 6.42 Å². The van der Waals surface area contributed by atoms with E-state index in [9.17, 15) is 0 Å². The fourth-order valence-electron chi connectivity index (χ4n) is 1.83. The molecule has 82 valence electrons. The van der Waals surface area contributed by atoms with E-state index in [1.807, 2.05) is 0 Å². The monoisotopic (exact) mass is 225 g/mol. The van der Waals surface area contributed by atoms with E-state index in [-0.39, 0.29) is 12.4 Å². The van der Waals surface area contributed by atoms with Crippen molar-refractivity contribution in [1.29, 1.82) is 0 Å². The zero-order chi connectivity index (χ0) is 9.97. The van der Waals surface area contributed by atoms with Gasteiger partial charge in [-0.1, -0.05) is 18.2 Å². The van der Waals surface area contributed by atoms with Crippen LogP contribution in [-0.2, 0) is 13.5 Å². The van der Waals surface area contributed by atoms with Crippen LogP contribution in [0.3, 0.4) is 0 Å². The lowest BCUT2D eigenvalue weighted by molar-refractivity contribution is 0.729. The number of benzene rings is 1. The second kappa shape index (κ2) is 5.16. The van der Waals surface area contributed by atoms with Crippen molar-refractivity contribution in [2.24, 2.45) is 12.9 Å². The lowest BCUT2D eigenvalue weighted by Crippen LogP contribution is -2.24. The normalized spacial score (nSPS) is 10.3. The molecule has 1 heterocycles. The van der Waals surface area contributed by atoms with Gasteiger partial charge in [0.15, 0.2) is 0 Å². The topological polar surface area (TPSA) is 43.0 Å². The number of aromatic nitrogens is 1. The lowest BCUT2D eigenvalue weighted by Gasteiger charge is -1.97. The number of nitrogens with zero attached hydrogens (tertiary/aromatic N) is 1. The van der Waals surface area contributed by atoms with E-state index >= 15 is 0 Å². The maximum Gasteiger partial charge on any atom is 0.0480 e. The van der Waals surface area contributed by atoms with Crippen LogP contribution in [0.2, 0.25) is 0 Å². The third-order valence-corrected chi connectivity index (χ3v) is 2.52. The Bertz CT molecular complexity index is 436. The van der Waals surface area contributed by atoms with Crippen LogP contribution in [0.1, 0.15) is 5.56 Å². The van der Waals surface area contributed by atoms with Crippen LogP contribution in [0, 0.1) is 0 Å². The summed E-state index contributed by atoms with van der Waals surface area (Å²) < 4.78 is 2.15. The van der Waals surface area contributed by atoms with Gasteiger partial charge < -0.3 is 4.57 Å². The van der Waals surface area contributed by atoms with Gasteiger partial charge in [0.2, 0.25) is 0 Å². The van der Waals surface area contributed by atoms with Gasteiger partial charge in [0, 0.05) is 30.7 Å². The average molecular weight is 226 g/mol. The van der Waals surface area contributed by atoms with Crippen LogP contribution in [-0.4, -0.2) is 11.1 Å². The highest BCUT2D eigenvalue weighted by molar-refractivity contribution is 5.85. The van der Waals surface area contributed by atoms with Gasteiger partial charge in [-0.15, -0.1) is 12.4 Å². The van der Waals surface area contributed by atoms with Crippen molar-refractivity contribution in [3.63, 3.8) is 0 Å². The second-order valence-electron chi connectivity index (χ2n) is 3.49. The maximum absolute atomic E-state index is 5.27. The molecule has 0 saturated heterocycles. The molecule has 0 spiro atoms. The third-order valence-electron chi connectivity index (χ3n) is 2.52. The molecule has 3 nitrogen and oxygen atoms in total. The quantitative estimate of drug-likeness (QED) is 0.616. The van der Waals surface area contributed by atoms with E-state index in [0.29, 0.717) is 0 Å². The van der Waals surface area contributed by atoms with E-state index < -0.39 is 0 Å². The zero-order valence-electron chi connectivity index (χ0n) is 8.73. The Hall–Kier alpha value is -1.03. The smallest absolute Gasteiger partial charge is 0.0480 e. The Morgan fingerprint density at radius 2 is 2.07 bits per heavy atom. The number of halogens is 1. The molecule has 0 saturated carbocycles. The number of rotatable bonds is 3. The Morgan fingerprint density at radius 1 is 1.33 bits per heavy atom. The Balaban J connectivity index is 0.00000112. The summed E-state index contributed by atoms with van der Waals surface area (Å²) >= 11 is 0. The molecule has 1 aromatic heterocycles. The molecule has 0 radical (unpaired) electrons. The summed E-state index contributed by atoms with van der Waals surface area (Å²) in [6, 6.07) is 8.42. The van der Waals surface area contributed by atoms with Gasteiger partial charge in [-0.05, 0) is 18.1 Å². The number of hydrazine groups is 1. The highest BCUT2D eigenvalue weighted by Gasteiger charge is 2.04. The molecule has 0 atom stereocenters. The number of hydrogen-bond donors (Lipinski definition) is 2. The van der Waals surface area contributed by atoms with Crippen molar-refractivity contribution >= 4 is 23.3 Å². The van der Waals surface area contributed by atoms with Crippen molar-refractivity contribution in [2.75, 3.05) is 6.54 Å². The summed E-state index contributed by atoms with van der Waals surface area (Å²) in [6.07, 6.45) is 3.14. The first-order chi connectivity index (χ1) is 6.83. The molecule has 0 unspecified atom stereocenters. The average Bonchev–Trinajstić information content (AvgIpc) is 2.54. The lowest BCUT2D eigenvalue weighted by atomic mass is 10.1. The van der Waals surface area contributed by atoms with Gasteiger partial charge >= 0.3 is 0 Å². The number of nitrogens with two attached hydrogens (primary N) is 1. The highest BCUT2D eigenvalue weighted by Crippen LogP contribution is 2.20. The van der Waals surface area contributed by atoms with Crippen molar-refractivity contribution in [1.82, 2.24) is 9.99 Å². The van der Waals surface area contributed by atoms with Gasteiger partial charge in [0.1, 0.15) is 0 Å². The molecule has 2 rings (SSSR count). The SMILES string of the molecule is Cl.Cn1cc(CCNN)c2ccccc21. The standard InChI is InChI=1S/C11H15N3.ClH/c1-14-8-9(6-7-13-12)10-4-2-3-5-11(10)14;/h2-5,8,13H,6-7,12H2,1H3;1H. The summed E-state index contributed by atoms with van der Waals surface area (Å²) in [5, 5.41) is 1.32. The minimum atomic E-state index is 0. The molecule has 0 fully saturated rings. The van der Waals surface area contributed by atoms with Crippen LogP contribution < -0.4 is 11.3 Å². The van der Waals surface area contributed by atoms with E-state index in [0.717, 1.165) is 13.0 Å². The molecular formula is C11H16ClN3. The van der Waals surface area contributed by atoms with E-state index in [4.69, 9.17) is 5.84 Å². The van der Waals surface area contributed by atoms with Gasteiger partial charge in [0.25, 0.3) is 0 Å². The van der Waals surface area contributed by atoms with Crippen LogP contribution >= 0.6 is 12.4 Å². The summed E-state index contributed by atoms with van der Waals surface area (Å²) in [5.41, 5.74) is 5.31. The van der Waals surface area contributed by atoms with Crippen molar-refractivity contribution in [3.05, 3.63) is 36.0 Å². The second-order valence-corrected chi connectivity index (χ2v) is 3.49. The first-order valence-corrected chi connectivity index (χ1v) is 4.79.